The van der Waals surface area contributed by atoms with E-state index in [1.807, 2.05) is 17.0 Å². The molecule has 0 spiro atoms. The highest BCUT2D eigenvalue weighted by atomic mass is 32.2. The van der Waals surface area contributed by atoms with Crippen LogP contribution < -0.4 is 5.32 Å². The number of thioether (sulfide) groups is 1. The summed E-state index contributed by atoms with van der Waals surface area (Å²) in [7, 11) is 0. The number of nitrogens with one attached hydrogen (secondary N) is 1. The Morgan fingerprint density at radius 1 is 1.73 bits per heavy atom. The molecule has 1 amide bonds. The highest BCUT2D eigenvalue weighted by molar-refractivity contribution is 7.98. The predicted octanol–water partition coefficient (Wildman–Crippen LogP) is 1.59. The van der Waals surface area contributed by atoms with E-state index in [0.717, 1.165) is 5.75 Å². The summed E-state index contributed by atoms with van der Waals surface area (Å²) in [6.07, 6.45) is 2.60. The van der Waals surface area contributed by atoms with Gasteiger partial charge in [-0.2, -0.15) is 23.1 Å². The minimum Gasteiger partial charge on any atom is -0.396 e. The van der Waals surface area contributed by atoms with Crippen LogP contribution in [-0.2, 0) is 0 Å². The maximum atomic E-state index is 11.7. The van der Waals surface area contributed by atoms with E-state index >= 15 is 0 Å². The molecule has 15 heavy (non-hydrogen) atoms. The number of hydrogen-bond acceptors (Lipinski definition) is 4. The van der Waals surface area contributed by atoms with Gasteiger partial charge in [0.1, 0.15) is 0 Å². The second kappa shape index (κ2) is 6.87. The van der Waals surface area contributed by atoms with Crippen molar-refractivity contribution in [3.63, 3.8) is 0 Å². The van der Waals surface area contributed by atoms with Crippen molar-refractivity contribution in [1.29, 1.82) is 0 Å². The van der Waals surface area contributed by atoms with Crippen LogP contribution in [0.1, 0.15) is 16.8 Å². The molecule has 0 aliphatic rings. The molecule has 0 saturated carbocycles. The van der Waals surface area contributed by atoms with E-state index in [-0.39, 0.29) is 18.6 Å². The van der Waals surface area contributed by atoms with Gasteiger partial charge in [0, 0.05) is 29.3 Å². The smallest absolute Gasteiger partial charge is 0.252 e. The fourth-order valence-electron chi connectivity index (χ4n) is 1.22. The lowest BCUT2D eigenvalue weighted by Gasteiger charge is -2.15. The van der Waals surface area contributed by atoms with E-state index in [9.17, 15) is 4.79 Å². The highest BCUT2D eigenvalue weighted by Gasteiger charge is 2.12. The largest absolute Gasteiger partial charge is 0.396 e. The lowest BCUT2D eigenvalue weighted by molar-refractivity contribution is 0.0936. The van der Waals surface area contributed by atoms with Crippen LogP contribution in [-0.4, -0.2) is 35.7 Å². The normalized spacial score (nSPS) is 12.4. The molecule has 3 nitrogen and oxygen atoms in total. The molecule has 0 aliphatic heterocycles. The minimum absolute atomic E-state index is 0.0521. The summed E-state index contributed by atoms with van der Waals surface area (Å²) in [4.78, 5) is 11.7. The van der Waals surface area contributed by atoms with E-state index in [4.69, 9.17) is 5.11 Å². The van der Waals surface area contributed by atoms with Gasteiger partial charge in [-0.05, 0) is 24.1 Å². The van der Waals surface area contributed by atoms with Crippen molar-refractivity contribution in [2.45, 2.75) is 12.5 Å². The molecule has 1 rings (SSSR count). The van der Waals surface area contributed by atoms with Gasteiger partial charge in [0.15, 0.2) is 0 Å². The second-order valence-electron chi connectivity index (χ2n) is 3.15. The van der Waals surface area contributed by atoms with Gasteiger partial charge in [-0.1, -0.05) is 0 Å². The average molecular weight is 245 g/mol. The Labute approximate surface area is 97.9 Å². The molecule has 0 aliphatic carbocycles. The number of aliphatic hydroxyl groups is 1. The summed E-state index contributed by atoms with van der Waals surface area (Å²) in [5.41, 5.74) is 0.698. The first-order valence-corrected chi connectivity index (χ1v) is 7.04. The molecule has 2 N–H and O–H groups in total. The number of rotatable bonds is 6. The predicted molar refractivity (Wildman–Crippen MR) is 65.7 cm³/mol. The van der Waals surface area contributed by atoms with E-state index in [0.29, 0.717) is 12.0 Å². The van der Waals surface area contributed by atoms with Gasteiger partial charge in [0.25, 0.3) is 5.91 Å². The van der Waals surface area contributed by atoms with E-state index in [1.54, 1.807) is 17.8 Å². The highest BCUT2D eigenvalue weighted by Crippen LogP contribution is 2.07. The Balaban J connectivity index is 2.47. The molecule has 84 valence electrons. The number of hydrogen-bond donors (Lipinski definition) is 2. The fraction of sp³-hybridized carbons (Fsp3) is 0.500. The molecule has 0 radical (unpaired) electrons. The summed E-state index contributed by atoms with van der Waals surface area (Å²) in [6, 6.07) is 1.85. The fourth-order valence-corrected chi connectivity index (χ4v) is 2.50. The van der Waals surface area contributed by atoms with Crippen molar-refractivity contribution in [3.05, 3.63) is 22.4 Å². The lowest BCUT2D eigenvalue weighted by Crippen LogP contribution is -2.37. The van der Waals surface area contributed by atoms with Gasteiger partial charge in [-0.3, -0.25) is 4.79 Å². The summed E-state index contributed by atoms with van der Waals surface area (Å²) in [5.74, 6) is 0.778. The van der Waals surface area contributed by atoms with Gasteiger partial charge in [0.05, 0.1) is 0 Å². The Hall–Kier alpha value is -0.520. The molecule has 1 heterocycles. The minimum atomic E-state index is -0.0521. The summed E-state index contributed by atoms with van der Waals surface area (Å²) in [5, 5.41) is 15.5. The van der Waals surface area contributed by atoms with Crippen molar-refractivity contribution < 1.29 is 9.90 Å². The molecule has 0 saturated heterocycles. The topological polar surface area (TPSA) is 49.3 Å². The zero-order chi connectivity index (χ0) is 11.1. The van der Waals surface area contributed by atoms with Crippen LogP contribution in [0.4, 0.5) is 0 Å². The van der Waals surface area contributed by atoms with E-state index in [2.05, 4.69) is 5.32 Å². The lowest BCUT2D eigenvalue weighted by atomic mass is 10.2. The van der Waals surface area contributed by atoms with Gasteiger partial charge in [-0.15, -0.1) is 0 Å². The van der Waals surface area contributed by atoms with Crippen LogP contribution in [0.3, 0.4) is 0 Å². The molecule has 1 unspecified atom stereocenters. The Morgan fingerprint density at radius 3 is 3.07 bits per heavy atom. The van der Waals surface area contributed by atoms with E-state index < -0.39 is 0 Å². The second-order valence-corrected chi connectivity index (χ2v) is 4.84. The monoisotopic (exact) mass is 245 g/mol. The summed E-state index contributed by atoms with van der Waals surface area (Å²) in [6.45, 7) is 0.106. The van der Waals surface area contributed by atoms with Crippen LogP contribution in [0.2, 0.25) is 0 Å². The number of carbonyl (C=O) groups excluding carboxylic acids is 1. The number of aliphatic hydroxyl groups excluding tert-OH is 1. The standard InChI is InChI=1S/C10H15NO2S2/c1-14-7-9(2-4-12)11-10(13)8-3-5-15-6-8/h3,5-6,9,12H,2,4,7H2,1H3,(H,11,13). The molecular formula is C10H15NO2S2. The number of carbonyl (C=O) groups is 1. The maximum Gasteiger partial charge on any atom is 0.252 e. The van der Waals surface area contributed by atoms with Crippen molar-refractivity contribution in [1.82, 2.24) is 5.32 Å². The average Bonchev–Trinajstić information content (AvgIpc) is 2.71. The third kappa shape index (κ3) is 4.24. The first-order valence-electron chi connectivity index (χ1n) is 4.70. The van der Waals surface area contributed by atoms with Crippen LogP contribution in [0.15, 0.2) is 16.8 Å². The molecule has 5 heteroatoms. The first kappa shape index (κ1) is 12.5. The molecule has 1 aromatic heterocycles. The van der Waals surface area contributed by atoms with Crippen LogP contribution in [0, 0.1) is 0 Å². The Bertz CT molecular complexity index is 282. The van der Waals surface area contributed by atoms with Gasteiger partial charge < -0.3 is 10.4 Å². The van der Waals surface area contributed by atoms with Crippen molar-refractivity contribution in [2.24, 2.45) is 0 Å². The SMILES string of the molecule is CSCC(CCO)NC(=O)c1ccsc1. The van der Waals surface area contributed by atoms with Crippen LogP contribution in [0.5, 0.6) is 0 Å². The van der Waals surface area contributed by atoms with Crippen LogP contribution in [0.25, 0.3) is 0 Å². The quantitative estimate of drug-likeness (QED) is 0.800. The number of thiophene rings is 1. The third-order valence-electron chi connectivity index (χ3n) is 1.96. The molecule has 0 aromatic carbocycles. The molecular weight excluding hydrogens is 230 g/mol. The zero-order valence-electron chi connectivity index (χ0n) is 8.60. The van der Waals surface area contributed by atoms with E-state index in [1.165, 1.54) is 11.3 Å². The van der Waals surface area contributed by atoms with Gasteiger partial charge in [0.2, 0.25) is 0 Å². The van der Waals surface area contributed by atoms with Crippen molar-refractivity contribution in [2.75, 3.05) is 18.6 Å². The Kier molecular flexibility index (Phi) is 5.75. The van der Waals surface area contributed by atoms with Crippen molar-refractivity contribution >= 4 is 29.0 Å². The molecule has 0 bridgehead atoms. The Morgan fingerprint density at radius 2 is 2.53 bits per heavy atom. The molecule has 1 atom stereocenters. The zero-order valence-corrected chi connectivity index (χ0v) is 10.2. The maximum absolute atomic E-state index is 11.7. The number of amides is 1. The van der Waals surface area contributed by atoms with Gasteiger partial charge in [-0.25, -0.2) is 0 Å². The third-order valence-corrected chi connectivity index (χ3v) is 3.38. The first-order chi connectivity index (χ1) is 7.27. The van der Waals surface area contributed by atoms with Crippen LogP contribution >= 0.6 is 23.1 Å². The van der Waals surface area contributed by atoms with Crippen molar-refractivity contribution in [3.8, 4) is 0 Å². The summed E-state index contributed by atoms with van der Waals surface area (Å²) < 4.78 is 0. The van der Waals surface area contributed by atoms with Gasteiger partial charge >= 0.3 is 0 Å². The molecule has 0 fully saturated rings. The molecule has 1 aromatic rings. The summed E-state index contributed by atoms with van der Waals surface area (Å²) >= 11 is 3.17.